The van der Waals surface area contributed by atoms with E-state index in [2.05, 4.69) is 5.16 Å². The smallest absolute Gasteiger partial charge is 0.329 e. The van der Waals surface area contributed by atoms with E-state index in [1.807, 2.05) is 0 Å². The van der Waals surface area contributed by atoms with Crippen LogP contribution < -0.4 is 0 Å². The van der Waals surface area contributed by atoms with Gasteiger partial charge in [-0.1, -0.05) is 24.4 Å². The van der Waals surface area contributed by atoms with Crippen LogP contribution in [-0.2, 0) is 16.0 Å². The third-order valence-electron chi connectivity index (χ3n) is 4.60. The highest BCUT2D eigenvalue weighted by molar-refractivity contribution is 5.88. The molecule has 1 aliphatic rings. The number of rotatable bonds is 4. The molecule has 0 atom stereocenters. The second kappa shape index (κ2) is 5.87. The standard InChI is InChI=1S/C15H22N2O4/c1-10-12(11(2)21-16-10)9-13(18)17(3)15(14(19)20)7-5-4-6-8-15/h4-9H2,1-3H3,(H,19,20). The van der Waals surface area contributed by atoms with Gasteiger partial charge in [0.1, 0.15) is 11.3 Å². The lowest BCUT2D eigenvalue weighted by Gasteiger charge is -2.41. The summed E-state index contributed by atoms with van der Waals surface area (Å²) in [6, 6.07) is 0. The Labute approximate surface area is 124 Å². The van der Waals surface area contributed by atoms with E-state index in [1.165, 1.54) is 4.90 Å². The summed E-state index contributed by atoms with van der Waals surface area (Å²) in [6.45, 7) is 3.54. The molecule has 1 heterocycles. The first-order chi connectivity index (χ1) is 9.88. The summed E-state index contributed by atoms with van der Waals surface area (Å²) < 4.78 is 5.06. The van der Waals surface area contributed by atoms with Crippen LogP contribution in [0.4, 0.5) is 0 Å². The Morgan fingerprint density at radius 3 is 2.38 bits per heavy atom. The molecular weight excluding hydrogens is 272 g/mol. The minimum atomic E-state index is -1.06. The van der Waals surface area contributed by atoms with Crippen LogP contribution in [0.25, 0.3) is 0 Å². The second-order valence-corrected chi connectivity index (χ2v) is 5.83. The van der Waals surface area contributed by atoms with Crippen LogP contribution in [0.1, 0.15) is 49.1 Å². The maximum Gasteiger partial charge on any atom is 0.329 e. The van der Waals surface area contributed by atoms with Crippen molar-refractivity contribution in [3.63, 3.8) is 0 Å². The molecule has 1 saturated carbocycles. The Hall–Kier alpha value is -1.85. The van der Waals surface area contributed by atoms with E-state index in [-0.39, 0.29) is 12.3 Å². The zero-order chi connectivity index (χ0) is 15.6. The minimum Gasteiger partial charge on any atom is -0.479 e. The van der Waals surface area contributed by atoms with Crippen molar-refractivity contribution in [1.82, 2.24) is 10.1 Å². The number of carbonyl (C=O) groups excluding carboxylic acids is 1. The monoisotopic (exact) mass is 294 g/mol. The first-order valence-corrected chi connectivity index (χ1v) is 7.30. The molecule has 2 rings (SSSR count). The van der Waals surface area contributed by atoms with Crippen molar-refractivity contribution in [2.24, 2.45) is 0 Å². The highest BCUT2D eigenvalue weighted by Gasteiger charge is 2.45. The molecule has 6 nitrogen and oxygen atoms in total. The molecule has 0 aromatic carbocycles. The van der Waals surface area contributed by atoms with Gasteiger partial charge in [0.25, 0.3) is 0 Å². The van der Waals surface area contributed by atoms with E-state index in [4.69, 9.17) is 4.52 Å². The normalized spacial score (nSPS) is 17.5. The van der Waals surface area contributed by atoms with Crippen molar-refractivity contribution in [3.05, 3.63) is 17.0 Å². The molecule has 0 radical (unpaired) electrons. The second-order valence-electron chi connectivity index (χ2n) is 5.83. The number of aliphatic carboxylic acids is 1. The number of amides is 1. The van der Waals surface area contributed by atoms with Gasteiger partial charge in [-0.25, -0.2) is 4.79 Å². The summed E-state index contributed by atoms with van der Waals surface area (Å²) in [5.74, 6) is -0.493. The summed E-state index contributed by atoms with van der Waals surface area (Å²) in [6.07, 6.45) is 3.89. The summed E-state index contributed by atoms with van der Waals surface area (Å²) in [5.41, 5.74) is 0.374. The molecule has 1 aliphatic carbocycles. The topological polar surface area (TPSA) is 83.6 Å². The Kier molecular flexibility index (Phi) is 4.34. The quantitative estimate of drug-likeness (QED) is 0.919. The van der Waals surface area contributed by atoms with Crippen molar-refractivity contribution in [1.29, 1.82) is 0 Å². The zero-order valence-electron chi connectivity index (χ0n) is 12.8. The number of aryl methyl sites for hydroxylation is 2. The van der Waals surface area contributed by atoms with Gasteiger partial charge in [0.2, 0.25) is 5.91 Å². The molecule has 1 aromatic heterocycles. The van der Waals surface area contributed by atoms with Crippen molar-refractivity contribution < 1.29 is 19.2 Å². The van der Waals surface area contributed by atoms with Gasteiger partial charge in [0.15, 0.2) is 0 Å². The number of likely N-dealkylation sites (N-methyl/N-ethyl adjacent to an activating group) is 1. The third-order valence-corrected chi connectivity index (χ3v) is 4.60. The molecule has 0 unspecified atom stereocenters. The molecule has 0 bridgehead atoms. The van der Waals surface area contributed by atoms with Crippen LogP contribution >= 0.6 is 0 Å². The molecule has 1 aromatic rings. The van der Waals surface area contributed by atoms with E-state index in [0.29, 0.717) is 24.3 Å². The Bertz CT molecular complexity index is 524. The van der Waals surface area contributed by atoms with Gasteiger partial charge in [-0.2, -0.15) is 0 Å². The summed E-state index contributed by atoms with van der Waals surface area (Å²) in [7, 11) is 1.60. The van der Waals surface area contributed by atoms with Crippen LogP contribution in [0.3, 0.4) is 0 Å². The van der Waals surface area contributed by atoms with Gasteiger partial charge >= 0.3 is 5.97 Å². The lowest BCUT2D eigenvalue weighted by Crippen LogP contribution is -2.56. The van der Waals surface area contributed by atoms with Gasteiger partial charge in [-0.15, -0.1) is 0 Å². The van der Waals surface area contributed by atoms with E-state index in [1.54, 1.807) is 20.9 Å². The van der Waals surface area contributed by atoms with Crippen LogP contribution in [0, 0.1) is 13.8 Å². The molecule has 1 amide bonds. The average molecular weight is 294 g/mol. The van der Waals surface area contributed by atoms with Crippen molar-refractivity contribution >= 4 is 11.9 Å². The SMILES string of the molecule is Cc1noc(C)c1CC(=O)N(C)C1(C(=O)O)CCCCC1. The highest BCUT2D eigenvalue weighted by Crippen LogP contribution is 2.33. The van der Waals surface area contributed by atoms with Gasteiger partial charge < -0.3 is 14.5 Å². The largest absolute Gasteiger partial charge is 0.479 e. The number of carboxylic acid groups (broad SMARTS) is 1. The predicted molar refractivity (Wildman–Crippen MR) is 75.9 cm³/mol. The number of carbonyl (C=O) groups is 2. The molecule has 0 spiro atoms. The van der Waals surface area contributed by atoms with Crippen LogP contribution in [0.15, 0.2) is 4.52 Å². The number of carboxylic acids is 1. The molecule has 116 valence electrons. The van der Waals surface area contributed by atoms with Crippen LogP contribution in [-0.4, -0.2) is 39.6 Å². The van der Waals surface area contributed by atoms with Crippen LogP contribution in [0.2, 0.25) is 0 Å². The van der Waals surface area contributed by atoms with Gasteiger partial charge in [-0.05, 0) is 26.7 Å². The van der Waals surface area contributed by atoms with Crippen molar-refractivity contribution in [2.75, 3.05) is 7.05 Å². The number of aromatic nitrogens is 1. The first kappa shape index (κ1) is 15.5. The molecule has 0 aliphatic heterocycles. The molecule has 1 fully saturated rings. The maximum absolute atomic E-state index is 12.5. The summed E-state index contributed by atoms with van der Waals surface area (Å²) in [5, 5.41) is 13.5. The Morgan fingerprint density at radius 2 is 1.90 bits per heavy atom. The van der Waals surface area contributed by atoms with Gasteiger partial charge in [0.05, 0.1) is 12.1 Å². The van der Waals surface area contributed by atoms with Gasteiger partial charge in [-0.3, -0.25) is 4.79 Å². The number of hydrogen-bond acceptors (Lipinski definition) is 4. The van der Waals surface area contributed by atoms with E-state index >= 15 is 0 Å². The Balaban J connectivity index is 2.19. The Morgan fingerprint density at radius 1 is 1.29 bits per heavy atom. The molecule has 6 heteroatoms. The highest BCUT2D eigenvalue weighted by atomic mass is 16.5. The fourth-order valence-corrected chi connectivity index (χ4v) is 3.09. The van der Waals surface area contributed by atoms with Gasteiger partial charge in [0, 0.05) is 12.6 Å². The molecule has 1 N–H and O–H groups in total. The lowest BCUT2D eigenvalue weighted by molar-refractivity contribution is -0.160. The van der Waals surface area contributed by atoms with E-state index < -0.39 is 11.5 Å². The maximum atomic E-state index is 12.5. The molecule has 0 saturated heterocycles. The fraction of sp³-hybridized carbons (Fsp3) is 0.667. The number of hydrogen-bond donors (Lipinski definition) is 1. The van der Waals surface area contributed by atoms with Crippen molar-refractivity contribution in [2.45, 2.75) is 57.9 Å². The number of nitrogens with zero attached hydrogens (tertiary/aromatic N) is 2. The van der Waals surface area contributed by atoms with E-state index in [9.17, 15) is 14.7 Å². The molecule has 21 heavy (non-hydrogen) atoms. The predicted octanol–water partition coefficient (Wildman–Crippen LogP) is 2.08. The van der Waals surface area contributed by atoms with Crippen molar-refractivity contribution in [3.8, 4) is 0 Å². The minimum absolute atomic E-state index is 0.132. The third kappa shape index (κ3) is 2.80. The fourth-order valence-electron chi connectivity index (χ4n) is 3.09. The van der Waals surface area contributed by atoms with Crippen LogP contribution in [0.5, 0.6) is 0 Å². The molecular formula is C15H22N2O4. The first-order valence-electron chi connectivity index (χ1n) is 7.30. The zero-order valence-corrected chi connectivity index (χ0v) is 12.8. The van der Waals surface area contributed by atoms with E-state index in [0.717, 1.165) is 24.8 Å². The summed E-state index contributed by atoms with van der Waals surface area (Å²) >= 11 is 0. The summed E-state index contributed by atoms with van der Waals surface area (Å²) in [4.78, 5) is 25.7. The lowest BCUT2D eigenvalue weighted by atomic mass is 9.80. The average Bonchev–Trinajstić information content (AvgIpc) is 2.78.